The number of carbonyl (C=O) groups excluding carboxylic acids is 1. The van der Waals surface area contributed by atoms with Crippen molar-refractivity contribution < 1.29 is 14.5 Å². The Morgan fingerprint density at radius 2 is 2.05 bits per heavy atom. The molecule has 0 bridgehead atoms. The Balaban J connectivity index is 2.20. The number of nitrogens with zero attached hydrogens (tertiary/aromatic N) is 1. The van der Waals surface area contributed by atoms with Crippen LogP contribution in [0, 0.1) is 10.1 Å². The fourth-order valence-corrected chi connectivity index (χ4v) is 1.87. The maximum Gasteiger partial charge on any atom is 0.311 e. The Labute approximate surface area is 119 Å². The minimum atomic E-state index is -0.583. The van der Waals surface area contributed by atoms with Gasteiger partial charge in [0.25, 0.3) is 0 Å². The smallest absolute Gasteiger partial charge is 0.311 e. The molecule has 0 aliphatic rings. The van der Waals surface area contributed by atoms with Gasteiger partial charge in [-0.2, -0.15) is 0 Å². The van der Waals surface area contributed by atoms with Gasteiger partial charge in [0, 0.05) is 16.7 Å². The van der Waals surface area contributed by atoms with E-state index in [1.807, 2.05) is 0 Å². The summed E-state index contributed by atoms with van der Waals surface area (Å²) in [6, 6.07) is 11.1. The van der Waals surface area contributed by atoms with Crippen LogP contribution in [0.1, 0.15) is 15.9 Å². The van der Waals surface area contributed by atoms with Gasteiger partial charge in [-0.05, 0) is 29.8 Å². The molecule has 0 N–H and O–H groups in total. The molecule has 20 heavy (non-hydrogen) atoms. The number of carbonyl (C=O) groups is 1. The first-order chi connectivity index (χ1) is 9.60. The van der Waals surface area contributed by atoms with E-state index in [0.29, 0.717) is 11.3 Å². The van der Waals surface area contributed by atoms with Gasteiger partial charge in [0.2, 0.25) is 0 Å². The summed E-state index contributed by atoms with van der Waals surface area (Å²) < 4.78 is 5.42. The van der Waals surface area contributed by atoms with Crippen LogP contribution >= 0.6 is 11.6 Å². The van der Waals surface area contributed by atoms with Crippen LogP contribution in [-0.4, -0.2) is 11.2 Å². The van der Waals surface area contributed by atoms with E-state index in [1.165, 1.54) is 18.2 Å². The van der Waals surface area contributed by atoms with Crippen molar-refractivity contribution >= 4 is 23.6 Å². The summed E-state index contributed by atoms with van der Waals surface area (Å²) in [4.78, 5) is 21.0. The van der Waals surface area contributed by atoms with E-state index in [4.69, 9.17) is 16.3 Å². The van der Waals surface area contributed by atoms with E-state index in [0.717, 1.165) is 5.56 Å². The largest absolute Gasteiger partial charge is 0.482 e. The first kappa shape index (κ1) is 14.0. The zero-order valence-electron chi connectivity index (χ0n) is 10.3. The van der Waals surface area contributed by atoms with Crippen molar-refractivity contribution in [3.63, 3.8) is 0 Å². The molecule has 0 saturated carbocycles. The highest BCUT2D eigenvalue weighted by Gasteiger charge is 2.16. The highest BCUT2D eigenvalue weighted by Crippen LogP contribution is 2.28. The molecule has 0 aliphatic heterocycles. The summed E-state index contributed by atoms with van der Waals surface area (Å²) in [6.45, 7) is 0.155. The van der Waals surface area contributed by atoms with Gasteiger partial charge >= 0.3 is 5.69 Å². The van der Waals surface area contributed by atoms with Crippen molar-refractivity contribution in [3.8, 4) is 5.75 Å². The van der Waals surface area contributed by atoms with Crippen LogP contribution in [0.4, 0.5) is 5.69 Å². The summed E-state index contributed by atoms with van der Waals surface area (Å²) >= 11 is 5.85. The molecule has 5 nitrogen and oxygen atoms in total. The zero-order chi connectivity index (χ0) is 14.5. The van der Waals surface area contributed by atoms with Gasteiger partial charge in [0.05, 0.1) is 4.92 Å². The average Bonchev–Trinajstić information content (AvgIpc) is 2.45. The third-order valence-corrected chi connectivity index (χ3v) is 2.83. The molecule has 0 fully saturated rings. The van der Waals surface area contributed by atoms with Crippen molar-refractivity contribution in [3.05, 3.63) is 68.7 Å². The molecule has 0 heterocycles. The number of benzene rings is 2. The fourth-order valence-electron chi connectivity index (χ4n) is 1.66. The summed E-state index contributed by atoms with van der Waals surface area (Å²) in [5, 5.41) is 11.5. The number of halogens is 1. The lowest BCUT2D eigenvalue weighted by atomic mass is 10.2. The number of rotatable bonds is 5. The SMILES string of the molecule is O=Cc1ccc(OCc2cccc(Cl)c2)c([N+](=O)[O-])c1. The minimum Gasteiger partial charge on any atom is -0.482 e. The van der Waals surface area contributed by atoms with Crippen molar-refractivity contribution in [1.29, 1.82) is 0 Å². The number of nitro benzene ring substituents is 1. The second kappa shape index (κ2) is 6.16. The predicted octanol–water partition coefficient (Wildman–Crippen LogP) is 3.64. The summed E-state index contributed by atoms with van der Waals surface area (Å²) in [5.41, 5.74) is 0.787. The van der Waals surface area contributed by atoms with E-state index in [9.17, 15) is 14.9 Å². The van der Waals surface area contributed by atoms with Crippen LogP contribution in [0.25, 0.3) is 0 Å². The molecule has 0 radical (unpaired) electrons. The minimum absolute atomic E-state index is 0.112. The maximum atomic E-state index is 10.9. The van der Waals surface area contributed by atoms with E-state index in [-0.39, 0.29) is 23.6 Å². The van der Waals surface area contributed by atoms with E-state index < -0.39 is 4.92 Å². The molecule has 102 valence electrons. The number of hydrogen-bond donors (Lipinski definition) is 0. The van der Waals surface area contributed by atoms with Gasteiger partial charge in [-0.15, -0.1) is 0 Å². The Bertz CT molecular complexity index is 657. The van der Waals surface area contributed by atoms with Crippen LogP contribution < -0.4 is 4.74 Å². The van der Waals surface area contributed by atoms with Gasteiger partial charge in [0.15, 0.2) is 5.75 Å². The molecular weight excluding hydrogens is 282 g/mol. The van der Waals surface area contributed by atoms with Gasteiger partial charge in [-0.25, -0.2) is 0 Å². The van der Waals surface area contributed by atoms with Crippen LogP contribution in [0.15, 0.2) is 42.5 Å². The Morgan fingerprint density at radius 3 is 2.70 bits per heavy atom. The fraction of sp³-hybridized carbons (Fsp3) is 0.0714. The highest BCUT2D eigenvalue weighted by molar-refractivity contribution is 6.30. The van der Waals surface area contributed by atoms with Crippen LogP contribution in [-0.2, 0) is 6.61 Å². The van der Waals surface area contributed by atoms with Crippen molar-refractivity contribution in [2.45, 2.75) is 6.61 Å². The molecule has 2 rings (SSSR count). The summed E-state index contributed by atoms with van der Waals surface area (Å²) in [6.07, 6.45) is 0.549. The second-order valence-corrected chi connectivity index (χ2v) is 4.46. The Kier molecular flexibility index (Phi) is 4.32. The molecule has 0 saturated heterocycles. The summed E-state index contributed by atoms with van der Waals surface area (Å²) in [5.74, 6) is 0.112. The average molecular weight is 292 g/mol. The van der Waals surface area contributed by atoms with Crippen LogP contribution in [0.5, 0.6) is 5.75 Å². The highest BCUT2D eigenvalue weighted by atomic mass is 35.5. The Hall–Kier alpha value is -2.40. The number of aldehydes is 1. The number of nitro groups is 1. The molecule has 0 atom stereocenters. The molecule has 0 aromatic heterocycles. The van der Waals surface area contributed by atoms with Crippen molar-refractivity contribution in [2.24, 2.45) is 0 Å². The summed E-state index contributed by atoms with van der Waals surface area (Å²) in [7, 11) is 0. The quantitative estimate of drug-likeness (QED) is 0.479. The molecule has 2 aromatic carbocycles. The number of ether oxygens (including phenoxy) is 1. The molecule has 0 unspecified atom stereocenters. The lowest BCUT2D eigenvalue weighted by molar-refractivity contribution is -0.386. The van der Waals surface area contributed by atoms with Gasteiger partial charge < -0.3 is 4.74 Å². The van der Waals surface area contributed by atoms with Crippen molar-refractivity contribution in [2.75, 3.05) is 0 Å². The molecule has 0 spiro atoms. The lowest BCUT2D eigenvalue weighted by Crippen LogP contribution is -2.00. The topological polar surface area (TPSA) is 69.4 Å². The first-order valence-corrected chi connectivity index (χ1v) is 6.09. The van der Waals surface area contributed by atoms with Crippen molar-refractivity contribution in [1.82, 2.24) is 0 Å². The standard InChI is InChI=1S/C14H10ClNO4/c15-12-3-1-2-11(6-12)9-20-14-5-4-10(8-17)7-13(14)16(18)19/h1-8H,9H2. The van der Waals surface area contributed by atoms with Gasteiger partial charge in [0.1, 0.15) is 12.9 Å². The van der Waals surface area contributed by atoms with E-state index in [1.54, 1.807) is 24.3 Å². The van der Waals surface area contributed by atoms with Gasteiger partial charge in [-0.1, -0.05) is 23.7 Å². The molecule has 2 aromatic rings. The first-order valence-electron chi connectivity index (χ1n) is 5.71. The molecule has 6 heteroatoms. The zero-order valence-corrected chi connectivity index (χ0v) is 11.0. The molecule has 0 aliphatic carbocycles. The predicted molar refractivity (Wildman–Crippen MR) is 74.3 cm³/mol. The molecular formula is C14H10ClNO4. The van der Waals surface area contributed by atoms with Crippen LogP contribution in [0.2, 0.25) is 5.02 Å². The van der Waals surface area contributed by atoms with E-state index in [2.05, 4.69) is 0 Å². The molecule has 0 amide bonds. The van der Waals surface area contributed by atoms with E-state index >= 15 is 0 Å². The number of hydrogen-bond acceptors (Lipinski definition) is 4. The normalized spacial score (nSPS) is 10.1. The third kappa shape index (κ3) is 3.33. The lowest BCUT2D eigenvalue weighted by Gasteiger charge is -2.07. The Morgan fingerprint density at radius 1 is 1.25 bits per heavy atom. The third-order valence-electron chi connectivity index (χ3n) is 2.60. The van der Waals surface area contributed by atoms with Crippen LogP contribution in [0.3, 0.4) is 0 Å². The monoisotopic (exact) mass is 291 g/mol. The second-order valence-electron chi connectivity index (χ2n) is 4.02. The maximum absolute atomic E-state index is 10.9. The van der Waals surface area contributed by atoms with Gasteiger partial charge in [-0.3, -0.25) is 14.9 Å².